The van der Waals surface area contributed by atoms with E-state index in [4.69, 9.17) is 5.73 Å². The highest BCUT2D eigenvalue weighted by Gasteiger charge is 2.12. The molecule has 2 rings (SSSR count). The Morgan fingerprint density at radius 1 is 1.38 bits per heavy atom. The zero-order chi connectivity index (χ0) is 11.7. The highest BCUT2D eigenvalue weighted by molar-refractivity contribution is 5.84. The summed E-state index contributed by atoms with van der Waals surface area (Å²) in [6.07, 6.45) is 1.25. The van der Waals surface area contributed by atoms with E-state index in [9.17, 15) is 5.11 Å². The summed E-state index contributed by atoms with van der Waals surface area (Å²) >= 11 is 0. The fourth-order valence-electron chi connectivity index (χ4n) is 1.92. The molecule has 0 radical (unpaired) electrons. The summed E-state index contributed by atoms with van der Waals surface area (Å²) in [6, 6.07) is 6.30. The van der Waals surface area contributed by atoms with Crippen molar-refractivity contribution in [3.63, 3.8) is 0 Å². The molecule has 16 heavy (non-hydrogen) atoms. The average Bonchev–Trinajstić information content (AvgIpc) is 2.70. The Kier molecular flexibility index (Phi) is 2.99. The van der Waals surface area contributed by atoms with Crippen molar-refractivity contribution in [2.75, 3.05) is 6.54 Å². The lowest BCUT2D eigenvalue weighted by molar-refractivity contribution is 0.188. The topological polar surface area (TPSA) is 62.0 Å². The van der Waals surface area contributed by atoms with Crippen LogP contribution in [0.5, 0.6) is 0 Å². The SMILES string of the molecule is CC(C)c1ccc2[nH]cc(C(O)CN)c2c1. The number of aromatic nitrogens is 1. The van der Waals surface area contributed by atoms with E-state index in [1.165, 1.54) is 5.56 Å². The lowest BCUT2D eigenvalue weighted by Gasteiger charge is -2.08. The van der Waals surface area contributed by atoms with Gasteiger partial charge in [-0.3, -0.25) is 0 Å². The molecule has 0 spiro atoms. The van der Waals surface area contributed by atoms with E-state index in [0.717, 1.165) is 16.5 Å². The maximum absolute atomic E-state index is 9.80. The summed E-state index contributed by atoms with van der Waals surface area (Å²) in [6.45, 7) is 4.57. The molecule has 0 fully saturated rings. The summed E-state index contributed by atoms with van der Waals surface area (Å²) in [5.74, 6) is 0.488. The summed E-state index contributed by atoms with van der Waals surface area (Å²) in [4.78, 5) is 3.15. The van der Waals surface area contributed by atoms with Crippen LogP contribution in [-0.2, 0) is 0 Å². The first-order valence-corrected chi connectivity index (χ1v) is 5.62. The molecular weight excluding hydrogens is 200 g/mol. The van der Waals surface area contributed by atoms with Gasteiger partial charge in [0.15, 0.2) is 0 Å². The van der Waals surface area contributed by atoms with Gasteiger partial charge in [0.05, 0.1) is 6.10 Å². The van der Waals surface area contributed by atoms with Gasteiger partial charge in [-0.1, -0.05) is 19.9 Å². The Labute approximate surface area is 95.3 Å². The van der Waals surface area contributed by atoms with Crippen molar-refractivity contribution in [2.24, 2.45) is 5.73 Å². The van der Waals surface area contributed by atoms with Crippen LogP contribution >= 0.6 is 0 Å². The van der Waals surface area contributed by atoms with Crippen LogP contribution in [0.3, 0.4) is 0 Å². The molecule has 3 nitrogen and oxygen atoms in total. The average molecular weight is 218 g/mol. The van der Waals surface area contributed by atoms with Gasteiger partial charge in [0, 0.05) is 29.2 Å². The van der Waals surface area contributed by atoms with Crippen molar-refractivity contribution in [3.05, 3.63) is 35.5 Å². The Morgan fingerprint density at radius 3 is 2.75 bits per heavy atom. The van der Waals surface area contributed by atoms with E-state index >= 15 is 0 Å². The van der Waals surface area contributed by atoms with Crippen LogP contribution in [0.2, 0.25) is 0 Å². The molecule has 0 saturated carbocycles. The molecule has 1 aromatic heterocycles. The molecule has 3 heteroatoms. The summed E-state index contributed by atoms with van der Waals surface area (Å²) in [7, 11) is 0. The molecule has 1 unspecified atom stereocenters. The van der Waals surface area contributed by atoms with Crippen molar-refractivity contribution in [2.45, 2.75) is 25.9 Å². The van der Waals surface area contributed by atoms with Crippen LogP contribution in [0.25, 0.3) is 10.9 Å². The van der Waals surface area contributed by atoms with Gasteiger partial charge in [-0.15, -0.1) is 0 Å². The van der Waals surface area contributed by atoms with E-state index in [0.29, 0.717) is 5.92 Å². The third-order valence-electron chi connectivity index (χ3n) is 2.99. The predicted octanol–water partition coefficient (Wildman–Crippen LogP) is 2.28. The van der Waals surface area contributed by atoms with E-state index in [-0.39, 0.29) is 6.54 Å². The maximum Gasteiger partial charge on any atom is 0.0932 e. The number of H-pyrrole nitrogens is 1. The number of benzene rings is 1. The molecular formula is C13H18N2O. The van der Waals surface area contributed by atoms with Crippen LogP contribution < -0.4 is 5.73 Å². The highest BCUT2D eigenvalue weighted by atomic mass is 16.3. The second-order valence-corrected chi connectivity index (χ2v) is 4.46. The zero-order valence-electron chi connectivity index (χ0n) is 9.70. The quantitative estimate of drug-likeness (QED) is 0.740. The minimum Gasteiger partial charge on any atom is -0.387 e. The lowest BCUT2D eigenvalue weighted by Crippen LogP contribution is -2.10. The Bertz CT molecular complexity index is 488. The first-order valence-electron chi connectivity index (χ1n) is 5.62. The van der Waals surface area contributed by atoms with Gasteiger partial charge in [0.1, 0.15) is 0 Å². The molecule has 0 saturated heterocycles. The van der Waals surface area contributed by atoms with Gasteiger partial charge in [-0.2, -0.15) is 0 Å². The molecule has 0 aliphatic carbocycles. The minimum atomic E-state index is -0.587. The monoisotopic (exact) mass is 218 g/mol. The fraction of sp³-hybridized carbons (Fsp3) is 0.385. The minimum absolute atomic E-state index is 0.249. The van der Waals surface area contributed by atoms with Gasteiger partial charge in [0.25, 0.3) is 0 Å². The lowest BCUT2D eigenvalue weighted by atomic mass is 9.99. The first kappa shape index (κ1) is 11.2. The van der Waals surface area contributed by atoms with Gasteiger partial charge in [-0.05, 0) is 23.6 Å². The van der Waals surface area contributed by atoms with E-state index in [1.54, 1.807) is 0 Å². The second-order valence-electron chi connectivity index (χ2n) is 4.46. The summed E-state index contributed by atoms with van der Waals surface area (Å²) < 4.78 is 0. The number of rotatable bonds is 3. The Morgan fingerprint density at radius 2 is 2.12 bits per heavy atom. The number of aliphatic hydroxyl groups is 1. The predicted molar refractivity (Wildman–Crippen MR) is 66.4 cm³/mol. The largest absolute Gasteiger partial charge is 0.387 e. The smallest absolute Gasteiger partial charge is 0.0932 e. The van der Waals surface area contributed by atoms with Gasteiger partial charge >= 0.3 is 0 Å². The van der Waals surface area contributed by atoms with E-state index in [1.807, 2.05) is 6.20 Å². The molecule has 0 bridgehead atoms. The van der Waals surface area contributed by atoms with Crippen molar-refractivity contribution in [1.29, 1.82) is 0 Å². The molecule has 1 aromatic carbocycles. The molecule has 1 heterocycles. The standard InChI is InChI=1S/C13H18N2O/c1-8(2)9-3-4-12-10(5-9)11(7-15-12)13(16)6-14/h3-5,7-8,13,15-16H,6,14H2,1-2H3. The molecule has 1 atom stereocenters. The molecule has 0 aliphatic heterocycles. The van der Waals surface area contributed by atoms with Gasteiger partial charge < -0.3 is 15.8 Å². The Hall–Kier alpha value is -1.32. The molecule has 4 N–H and O–H groups in total. The van der Waals surface area contributed by atoms with Crippen LogP contribution in [-0.4, -0.2) is 16.6 Å². The normalized spacial score (nSPS) is 13.6. The van der Waals surface area contributed by atoms with Crippen LogP contribution in [0.1, 0.15) is 37.0 Å². The van der Waals surface area contributed by atoms with E-state index in [2.05, 4.69) is 37.0 Å². The highest BCUT2D eigenvalue weighted by Crippen LogP contribution is 2.27. The Balaban J connectivity index is 2.55. The molecule has 0 amide bonds. The van der Waals surface area contributed by atoms with Gasteiger partial charge in [-0.25, -0.2) is 0 Å². The number of nitrogens with two attached hydrogens (primary N) is 1. The van der Waals surface area contributed by atoms with E-state index < -0.39 is 6.10 Å². The number of nitrogens with one attached hydrogen (secondary N) is 1. The van der Waals surface area contributed by atoms with Crippen molar-refractivity contribution in [1.82, 2.24) is 4.98 Å². The third-order valence-corrected chi connectivity index (χ3v) is 2.99. The van der Waals surface area contributed by atoms with Crippen LogP contribution in [0, 0.1) is 0 Å². The van der Waals surface area contributed by atoms with Crippen molar-refractivity contribution < 1.29 is 5.11 Å². The third kappa shape index (κ3) is 1.84. The number of aromatic amines is 1. The number of aliphatic hydroxyl groups excluding tert-OH is 1. The fourth-order valence-corrected chi connectivity index (χ4v) is 1.92. The van der Waals surface area contributed by atoms with Crippen LogP contribution in [0.15, 0.2) is 24.4 Å². The zero-order valence-corrected chi connectivity index (χ0v) is 9.70. The maximum atomic E-state index is 9.80. The van der Waals surface area contributed by atoms with Crippen molar-refractivity contribution in [3.8, 4) is 0 Å². The molecule has 0 aliphatic rings. The van der Waals surface area contributed by atoms with Crippen LogP contribution in [0.4, 0.5) is 0 Å². The second kappa shape index (κ2) is 4.28. The number of hydrogen-bond acceptors (Lipinski definition) is 2. The number of fused-ring (bicyclic) bond motifs is 1. The number of hydrogen-bond donors (Lipinski definition) is 3. The molecule has 2 aromatic rings. The first-order chi connectivity index (χ1) is 7.63. The molecule has 86 valence electrons. The summed E-state index contributed by atoms with van der Waals surface area (Å²) in [5.41, 5.74) is 8.70. The summed E-state index contributed by atoms with van der Waals surface area (Å²) in [5, 5.41) is 10.9. The van der Waals surface area contributed by atoms with Gasteiger partial charge in [0.2, 0.25) is 0 Å². The van der Waals surface area contributed by atoms with Crippen molar-refractivity contribution >= 4 is 10.9 Å².